The van der Waals surface area contributed by atoms with Crippen LogP contribution in [-0.4, -0.2) is 105 Å². The van der Waals surface area contributed by atoms with Crippen LogP contribution < -0.4 is 49.1 Å². The fourth-order valence-electron chi connectivity index (χ4n) is 8.35. The molecule has 7 amide bonds. The molecule has 5 atom stereocenters. The van der Waals surface area contributed by atoms with Gasteiger partial charge in [0.15, 0.2) is 5.96 Å². The summed E-state index contributed by atoms with van der Waals surface area (Å²) in [4.78, 5) is 113. The van der Waals surface area contributed by atoms with Crippen LogP contribution in [0.25, 0.3) is 21.7 Å². The molecule has 346 valence electrons. The number of para-hydroxylation sites is 1. The third-order valence-corrected chi connectivity index (χ3v) is 12.1. The number of carbonyl (C=O) groups excluding carboxylic acids is 7. The number of rotatable bonds is 11. The second-order valence-corrected chi connectivity index (χ2v) is 16.9. The lowest BCUT2D eigenvalue weighted by Crippen LogP contribution is -2.66. The monoisotopic (exact) mass is 901 g/mol. The van der Waals surface area contributed by atoms with Crippen molar-refractivity contribution in [1.29, 1.82) is 0 Å². The van der Waals surface area contributed by atoms with E-state index in [1.807, 2.05) is 66.7 Å². The van der Waals surface area contributed by atoms with Crippen LogP contribution in [0.3, 0.4) is 0 Å². The van der Waals surface area contributed by atoms with Gasteiger partial charge in [-0.2, -0.15) is 0 Å². The highest BCUT2D eigenvalue weighted by Gasteiger charge is 2.47. The van der Waals surface area contributed by atoms with Crippen LogP contribution in [0.4, 0.5) is 0 Å². The number of imidazole rings is 1. The van der Waals surface area contributed by atoms with Crippen LogP contribution in [0.1, 0.15) is 61.8 Å². The Morgan fingerprint density at radius 2 is 1.39 bits per heavy atom. The van der Waals surface area contributed by atoms with E-state index in [1.165, 1.54) is 12.5 Å². The second-order valence-electron chi connectivity index (χ2n) is 16.9. The van der Waals surface area contributed by atoms with Gasteiger partial charge >= 0.3 is 0 Å². The lowest BCUT2D eigenvalue weighted by molar-refractivity contribution is -0.140. The fraction of sp³-hybridized carbons (Fsp3) is 0.370. The summed E-state index contributed by atoms with van der Waals surface area (Å²) >= 11 is 0. The molecule has 1 saturated heterocycles. The number of guanidine groups is 1. The van der Waals surface area contributed by atoms with E-state index in [2.05, 4.69) is 51.8 Å². The number of H-pyrrole nitrogens is 2. The average Bonchev–Trinajstić information content (AvgIpc) is 3.96. The number of aromatic nitrogens is 3. The Morgan fingerprint density at radius 1 is 0.727 bits per heavy atom. The topological polar surface area (TPSA) is 327 Å². The largest absolute Gasteiger partial charge is 0.370 e. The third kappa shape index (κ3) is 11.5. The number of nitrogens with two attached hydrogens (primary N) is 3. The third-order valence-electron chi connectivity index (χ3n) is 12.1. The van der Waals surface area contributed by atoms with Crippen molar-refractivity contribution in [2.45, 2.75) is 100.0 Å². The Bertz CT molecular complexity index is 2620. The molecule has 20 nitrogen and oxygen atoms in total. The molecule has 5 aromatic rings. The Balaban J connectivity index is 1.27. The first-order valence-corrected chi connectivity index (χ1v) is 21.9. The number of hydrogen-bond acceptors (Lipinski definition) is 9. The van der Waals surface area contributed by atoms with Gasteiger partial charge in [-0.25, -0.2) is 4.98 Å². The van der Waals surface area contributed by atoms with Gasteiger partial charge in [0, 0.05) is 61.2 Å². The van der Waals surface area contributed by atoms with Gasteiger partial charge in [-0.1, -0.05) is 60.7 Å². The molecule has 14 N–H and O–H groups in total. The summed E-state index contributed by atoms with van der Waals surface area (Å²) in [5.41, 5.74) is 18.2. The Kier molecular flexibility index (Phi) is 14.6. The number of aromatic amines is 2. The molecule has 0 unspecified atom stereocenters. The molecule has 0 bridgehead atoms. The molecule has 1 spiro atoms. The molecule has 0 radical (unpaired) electrons. The van der Waals surface area contributed by atoms with Gasteiger partial charge in [-0.05, 0) is 66.5 Å². The van der Waals surface area contributed by atoms with E-state index in [1.54, 1.807) is 6.20 Å². The molecule has 1 saturated carbocycles. The van der Waals surface area contributed by atoms with Crippen molar-refractivity contribution in [2.75, 3.05) is 6.54 Å². The van der Waals surface area contributed by atoms with Crippen LogP contribution in [0, 0.1) is 0 Å². The molecule has 1 aliphatic heterocycles. The number of nitrogens with zero attached hydrogens (tertiary/aromatic N) is 2. The zero-order chi connectivity index (χ0) is 46.8. The van der Waals surface area contributed by atoms with E-state index in [0.29, 0.717) is 23.2 Å². The summed E-state index contributed by atoms with van der Waals surface area (Å²) in [6.45, 7) is 0.100. The van der Waals surface area contributed by atoms with Crippen LogP contribution in [0.5, 0.6) is 0 Å². The Hall–Kier alpha value is -7.77. The van der Waals surface area contributed by atoms with E-state index in [-0.39, 0.29) is 70.3 Å². The molecule has 2 aliphatic rings. The highest BCUT2D eigenvalue weighted by molar-refractivity contribution is 5.99. The molecule has 2 aromatic heterocycles. The van der Waals surface area contributed by atoms with Crippen molar-refractivity contribution in [1.82, 2.24) is 46.9 Å². The van der Waals surface area contributed by atoms with Crippen molar-refractivity contribution in [2.24, 2.45) is 22.2 Å². The Morgan fingerprint density at radius 3 is 2.09 bits per heavy atom. The predicted molar refractivity (Wildman–Crippen MR) is 245 cm³/mol. The second kappa shape index (κ2) is 20.8. The van der Waals surface area contributed by atoms with Crippen LogP contribution >= 0.6 is 0 Å². The lowest BCUT2D eigenvalue weighted by atomic mass is 9.75. The summed E-state index contributed by atoms with van der Waals surface area (Å²) in [6.07, 6.45) is 5.30. The minimum Gasteiger partial charge on any atom is -0.370 e. The number of hydrogen-bond donors (Lipinski definition) is 11. The first-order valence-electron chi connectivity index (χ1n) is 21.9. The quantitative estimate of drug-likeness (QED) is 0.0474. The first kappa shape index (κ1) is 46.2. The number of aliphatic imine (C=N–C) groups is 1. The van der Waals surface area contributed by atoms with Crippen LogP contribution in [-0.2, 0) is 52.8 Å². The number of amides is 7. The fourth-order valence-corrected chi connectivity index (χ4v) is 8.35. The van der Waals surface area contributed by atoms with Crippen molar-refractivity contribution in [3.05, 3.63) is 102 Å². The molecule has 2 fully saturated rings. The summed E-state index contributed by atoms with van der Waals surface area (Å²) < 4.78 is 0. The number of nitrogens with one attached hydrogen (secondary N) is 8. The van der Waals surface area contributed by atoms with Gasteiger partial charge in [0.05, 0.1) is 6.33 Å². The molecule has 66 heavy (non-hydrogen) atoms. The average molecular weight is 902 g/mol. The predicted octanol–water partition coefficient (Wildman–Crippen LogP) is -0.132. The van der Waals surface area contributed by atoms with E-state index >= 15 is 0 Å². The zero-order valence-electron chi connectivity index (χ0n) is 36.2. The number of carbonyl (C=O) groups is 7. The molecule has 1 aliphatic carbocycles. The van der Waals surface area contributed by atoms with Crippen LogP contribution in [0.15, 0.2) is 90.4 Å². The zero-order valence-corrected chi connectivity index (χ0v) is 36.2. The molecular formula is C46H55N13O7. The lowest BCUT2D eigenvalue weighted by Gasteiger charge is -2.41. The van der Waals surface area contributed by atoms with Crippen molar-refractivity contribution in [3.63, 3.8) is 0 Å². The highest BCUT2D eigenvalue weighted by Crippen LogP contribution is 2.33. The molecular weight excluding hydrogens is 847 g/mol. The normalized spacial score (nSPS) is 22.2. The maximum absolute atomic E-state index is 14.7. The smallest absolute Gasteiger partial charge is 0.246 e. The number of benzene rings is 3. The van der Waals surface area contributed by atoms with E-state index in [0.717, 1.165) is 21.7 Å². The molecule has 20 heteroatoms. The maximum atomic E-state index is 14.7. The van der Waals surface area contributed by atoms with Gasteiger partial charge in [0.1, 0.15) is 35.7 Å². The Labute approximate surface area is 379 Å². The summed E-state index contributed by atoms with van der Waals surface area (Å²) in [5, 5.41) is 19.3. The van der Waals surface area contributed by atoms with Crippen LogP contribution in [0.2, 0.25) is 0 Å². The van der Waals surface area contributed by atoms with Gasteiger partial charge in [-0.3, -0.25) is 38.6 Å². The van der Waals surface area contributed by atoms with E-state index in [9.17, 15) is 33.6 Å². The van der Waals surface area contributed by atoms with Gasteiger partial charge in [0.2, 0.25) is 41.4 Å². The molecule has 7 rings (SSSR count). The summed E-state index contributed by atoms with van der Waals surface area (Å²) in [6, 6.07) is 14.1. The SMILES string of the molecule is NC(=O)[C@@H]1CCC(=O)NC2(CCC2)C(=O)N[C@@H](Cc2cnc[nH]2)C(=O)N[C@H](Cc2ccc3ccccc3c2)C(=O)N[C@@H](CCCN=C(N)N)C(=O)N[C@@H](Cc2c[nH]c3ccccc23)C(=O)N1. The molecule has 3 heterocycles. The van der Waals surface area contributed by atoms with Crippen molar-refractivity contribution in [3.8, 4) is 0 Å². The maximum Gasteiger partial charge on any atom is 0.246 e. The van der Waals surface area contributed by atoms with Gasteiger partial charge in [0.25, 0.3) is 0 Å². The van der Waals surface area contributed by atoms with E-state index < -0.39 is 77.1 Å². The minimum absolute atomic E-state index is 0.00791. The summed E-state index contributed by atoms with van der Waals surface area (Å²) in [7, 11) is 0. The van der Waals surface area contributed by atoms with Gasteiger partial charge in [-0.15, -0.1) is 0 Å². The van der Waals surface area contributed by atoms with E-state index in [4.69, 9.17) is 17.2 Å². The van der Waals surface area contributed by atoms with Crippen molar-refractivity contribution < 1.29 is 33.6 Å². The van der Waals surface area contributed by atoms with Gasteiger partial charge < -0.3 is 59.1 Å². The highest BCUT2D eigenvalue weighted by atomic mass is 16.2. The first-order chi connectivity index (χ1) is 31.8. The number of primary amides is 1. The standard InChI is InChI=1S/C46H55N13O7/c47-39(61)33-14-15-38(60)59-46(16-6-17-46)44(66)58-37(22-30-24-50-25-53-30)43(65)56-35(20-26-12-13-27-7-1-2-8-28(27)19-26)41(63)55-34(11-5-18-51-45(48)49)40(62)57-36(42(64)54-33)21-29-23-52-32-10-4-3-9-31(29)32/h1-4,7-10,12-13,19,23-25,33-37,52H,5-6,11,14-18,20-22H2,(H2,47,61)(H,50,53)(H,54,64)(H,55,63)(H,56,65)(H,57,62)(H,58,66)(H,59,60)(H4,48,49,51)/t33-,34-,35+,36-,37-/m0/s1. The van der Waals surface area contributed by atoms with Crippen molar-refractivity contribution >= 4 is 69.0 Å². The summed E-state index contributed by atoms with van der Waals surface area (Å²) in [5.74, 6) is -5.31. The molecule has 3 aromatic carbocycles. The minimum atomic E-state index is -1.38. The number of fused-ring (bicyclic) bond motifs is 2.